The number of rotatable bonds is 11. The predicted octanol–water partition coefficient (Wildman–Crippen LogP) is 4.38. The van der Waals surface area contributed by atoms with Crippen molar-refractivity contribution in [3.63, 3.8) is 0 Å². The zero-order valence-corrected chi connectivity index (χ0v) is 16.4. The first kappa shape index (κ1) is 18.4. The highest BCUT2D eigenvalue weighted by Crippen LogP contribution is 2.26. The third-order valence-electron chi connectivity index (χ3n) is 3.56. The number of aryl methyl sites for hydroxylation is 2. The van der Waals surface area contributed by atoms with Crippen LogP contribution in [0, 0.1) is 0 Å². The van der Waals surface area contributed by atoms with Crippen LogP contribution in [0.3, 0.4) is 0 Å². The minimum absolute atomic E-state index is 0.279. The van der Waals surface area contributed by atoms with Gasteiger partial charge in [0, 0.05) is 25.0 Å². The molecule has 0 saturated carbocycles. The van der Waals surface area contributed by atoms with Gasteiger partial charge in [0.25, 0.3) is 11.9 Å². The topological polar surface area (TPSA) is 108 Å². The molecule has 0 unspecified atom stereocenters. The maximum absolute atomic E-state index is 5.47. The van der Waals surface area contributed by atoms with E-state index < -0.39 is 0 Å². The molecule has 0 spiro atoms. The number of furan rings is 2. The molecular formula is C17H17N5O4S2. The Bertz CT molecular complexity index is 952. The molecule has 0 radical (unpaired) electrons. The Labute approximate surface area is 168 Å². The number of ether oxygens (including phenoxy) is 2. The molecular weight excluding hydrogens is 402 g/mol. The molecule has 0 aliphatic rings. The maximum atomic E-state index is 5.47. The Hall–Kier alpha value is -2.92. The van der Waals surface area contributed by atoms with Gasteiger partial charge in [0.05, 0.1) is 12.5 Å². The summed E-state index contributed by atoms with van der Waals surface area (Å²) in [6.45, 7) is 0.279. The van der Waals surface area contributed by atoms with Gasteiger partial charge in [0.15, 0.2) is 6.73 Å². The number of nitrogens with zero attached hydrogens (tertiary/aromatic N) is 4. The van der Waals surface area contributed by atoms with Gasteiger partial charge in [-0.3, -0.25) is 0 Å². The summed E-state index contributed by atoms with van der Waals surface area (Å²) in [5.74, 6) is 0.879. The van der Waals surface area contributed by atoms with Crippen LogP contribution in [0.1, 0.15) is 22.9 Å². The van der Waals surface area contributed by atoms with Crippen molar-refractivity contribution in [2.45, 2.75) is 25.7 Å². The molecule has 11 heteroatoms. The second-order valence-electron chi connectivity index (χ2n) is 5.60. The molecule has 28 heavy (non-hydrogen) atoms. The third kappa shape index (κ3) is 5.30. The fourth-order valence-electron chi connectivity index (χ4n) is 2.28. The van der Waals surface area contributed by atoms with Crippen LogP contribution in [0.2, 0.25) is 0 Å². The van der Waals surface area contributed by atoms with E-state index in [1.54, 1.807) is 36.8 Å². The highest BCUT2D eigenvalue weighted by Gasteiger charge is 2.09. The van der Waals surface area contributed by atoms with E-state index in [0.717, 1.165) is 40.8 Å². The van der Waals surface area contributed by atoms with E-state index in [4.69, 9.17) is 18.3 Å². The Morgan fingerprint density at radius 3 is 2.32 bits per heavy atom. The summed E-state index contributed by atoms with van der Waals surface area (Å²) in [7, 11) is 0. The molecule has 4 aromatic heterocycles. The Balaban J connectivity index is 1.14. The van der Waals surface area contributed by atoms with Crippen molar-refractivity contribution in [1.29, 1.82) is 0 Å². The molecule has 0 saturated heterocycles. The lowest BCUT2D eigenvalue weighted by molar-refractivity contribution is 0.262. The van der Waals surface area contributed by atoms with Crippen LogP contribution in [0.5, 0.6) is 17.1 Å². The average Bonchev–Trinajstić information content (AvgIpc) is 3.49. The minimum Gasteiger partial charge on any atom is -0.444 e. The van der Waals surface area contributed by atoms with Crippen LogP contribution in [-0.2, 0) is 12.8 Å². The second kappa shape index (κ2) is 9.33. The summed E-state index contributed by atoms with van der Waals surface area (Å²) in [5.41, 5.74) is 0. The molecule has 4 aromatic rings. The first-order chi connectivity index (χ1) is 13.8. The molecule has 9 nitrogen and oxygen atoms in total. The Morgan fingerprint density at radius 1 is 0.857 bits per heavy atom. The van der Waals surface area contributed by atoms with Crippen LogP contribution in [0.15, 0.2) is 45.6 Å². The van der Waals surface area contributed by atoms with Gasteiger partial charge in [-0.2, -0.15) is 0 Å². The number of hydrogen-bond acceptors (Lipinski definition) is 11. The standard InChI is InChI=1S/C17H17N5O4S2/c1(2-6-13-20-22-17(28-13)26-15-8-4-10-24-15)5-12-19-21-16(27-12)18-11-25-14-7-3-9-23-14/h3-4,7-10H,1-2,5-6,11H2,(H,18,21). The lowest BCUT2D eigenvalue weighted by Crippen LogP contribution is -2.07. The number of hydrogen-bond donors (Lipinski definition) is 1. The number of nitrogens with one attached hydrogen (secondary N) is 1. The quantitative estimate of drug-likeness (QED) is 0.280. The molecule has 1 N–H and O–H groups in total. The van der Waals surface area contributed by atoms with E-state index in [9.17, 15) is 0 Å². The van der Waals surface area contributed by atoms with Gasteiger partial charge in [0.1, 0.15) is 10.0 Å². The Kier molecular flexibility index (Phi) is 6.15. The Morgan fingerprint density at radius 2 is 1.57 bits per heavy atom. The summed E-state index contributed by atoms with van der Waals surface area (Å²) >= 11 is 2.95. The lowest BCUT2D eigenvalue weighted by Gasteiger charge is -2.01. The van der Waals surface area contributed by atoms with E-state index in [2.05, 4.69) is 25.7 Å². The molecule has 0 fully saturated rings. The van der Waals surface area contributed by atoms with E-state index in [1.165, 1.54) is 22.7 Å². The molecule has 0 bridgehead atoms. The average molecular weight is 419 g/mol. The van der Waals surface area contributed by atoms with Gasteiger partial charge in [-0.25, -0.2) is 0 Å². The van der Waals surface area contributed by atoms with Gasteiger partial charge in [-0.05, 0) is 25.0 Å². The molecule has 4 rings (SSSR count). The first-order valence-electron chi connectivity index (χ1n) is 8.61. The molecule has 0 aliphatic heterocycles. The summed E-state index contributed by atoms with van der Waals surface area (Å²) in [6.07, 6.45) is 6.81. The zero-order chi connectivity index (χ0) is 19.0. The summed E-state index contributed by atoms with van der Waals surface area (Å²) < 4.78 is 21.1. The second-order valence-corrected chi connectivity index (χ2v) is 7.69. The van der Waals surface area contributed by atoms with Crippen LogP contribution >= 0.6 is 22.7 Å². The van der Waals surface area contributed by atoms with Crippen molar-refractivity contribution in [2.75, 3.05) is 12.0 Å². The predicted molar refractivity (Wildman–Crippen MR) is 103 cm³/mol. The van der Waals surface area contributed by atoms with Gasteiger partial charge in [-0.15, -0.1) is 15.3 Å². The number of anilines is 1. The smallest absolute Gasteiger partial charge is 0.301 e. The van der Waals surface area contributed by atoms with Crippen LogP contribution in [0.25, 0.3) is 0 Å². The van der Waals surface area contributed by atoms with Crippen molar-refractivity contribution >= 4 is 27.8 Å². The van der Waals surface area contributed by atoms with Crippen molar-refractivity contribution < 1.29 is 18.3 Å². The highest BCUT2D eigenvalue weighted by molar-refractivity contribution is 7.15. The highest BCUT2D eigenvalue weighted by atomic mass is 32.1. The lowest BCUT2D eigenvalue weighted by atomic mass is 10.2. The first-order valence-corrected chi connectivity index (χ1v) is 10.2. The van der Waals surface area contributed by atoms with Crippen LogP contribution in [0.4, 0.5) is 5.13 Å². The van der Waals surface area contributed by atoms with Gasteiger partial charge < -0.3 is 23.6 Å². The number of aromatic nitrogens is 4. The molecule has 0 amide bonds. The van der Waals surface area contributed by atoms with E-state index in [1.807, 2.05) is 0 Å². The molecule has 0 atom stereocenters. The normalized spacial score (nSPS) is 10.9. The van der Waals surface area contributed by atoms with Gasteiger partial charge >= 0.3 is 5.19 Å². The summed E-state index contributed by atoms with van der Waals surface area (Å²) in [5, 5.41) is 22.7. The van der Waals surface area contributed by atoms with Gasteiger partial charge in [0.2, 0.25) is 5.13 Å². The minimum atomic E-state index is 0.279. The fourth-order valence-corrected chi connectivity index (χ4v) is 3.78. The summed E-state index contributed by atoms with van der Waals surface area (Å²) in [6, 6.07) is 7.01. The van der Waals surface area contributed by atoms with Crippen molar-refractivity contribution in [3.8, 4) is 17.1 Å². The molecule has 4 heterocycles. The van der Waals surface area contributed by atoms with Crippen molar-refractivity contribution in [2.24, 2.45) is 0 Å². The summed E-state index contributed by atoms with van der Waals surface area (Å²) in [4.78, 5) is 0. The van der Waals surface area contributed by atoms with Crippen molar-refractivity contribution in [1.82, 2.24) is 20.4 Å². The van der Waals surface area contributed by atoms with E-state index in [0.29, 0.717) is 17.1 Å². The van der Waals surface area contributed by atoms with E-state index >= 15 is 0 Å². The third-order valence-corrected chi connectivity index (χ3v) is 5.36. The van der Waals surface area contributed by atoms with Crippen molar-refractivity contribution in [3.05, 3.63) is 46.8 Å². The SMILES string of the molecule is c1coc(OCNc2nnc(CCCCc3nnc(Oc4ccco4)s3)s2)c1. The monoisotopic (exact) mass is 419 g/mol. The largest absolute Gasteiger partial charge is 0.444 e. The van der Waals surface area contributed by atoms with Crippen LogP contribution in [-0.4, -0.2) is 27.1 Å². The van der Waals surface area contributed by atoms with E-state index in [-0.39, 0.29) is 6.73 Å². The molecule has 146 valence electrons. The zero-order valence-electron chi connectivity index (χ0n) is 14.7. The molecule has 0 aliphatic carbocycles. The molecule has 0 aromatic carbocycles. The number of unbranched alkanes of at least 4 members (excludes halogenated alkanes) is 1. The maximum Gasteiger partial charge on any atom is 0.301 e. The van der Waals surface area contributed by atoms with Crippen LogP contribution < -0.4 is 14.8 Å². The fraction of sp³-hybridized carbons (Fsp3) is 0.294. The van der Waals surface area contributed by atoms with Gasteiger partial charge in [-0.1, -0.05) is 27.8 Å².